The highest BCUT2D eigenvalue weighted by molar-refractivity contribution is 8.33. The van der Waals surface area contributed by atoms with Crippen LogP contribution in [-0.4, -0.2) is 13.3 Å². The molecule has 0 fully saturated rings. The summed E-state index contributed by atoms with van der Waals surface area (Å²) in [4.78, 5) is 0. The Balaban J connectivity index is 2.99. The fourth-order valence-corrected chi connectivity index (χ4v) is 2.67. The van der Waals surface area contributed by atoms with Crippen molar-refractivity contribution in [2.45, 2.75) is 26.0 Å². The fraction of sp³-hybridized carbons (Fsp3) is 0.400. The maximum Gasteiger partial charge on any atom is 0.430 e. The van der Waals surface area contributed by atoms with Gasteiger partial charge in [-0.3, -0.25) is 9.11 Å². The number of rotatable bonds is 3. The molecule has 0 saturated carbocycles. The van der Waals surface area contributed by atoms with Crippen LogP contribution in [0.5, 0.6) is 0 Å². The monoisotopic (exact) mass is 247 g/mol. The second kappa shape index (κ2) is 5.03. The van der Waals surface area contributed by atoms with Crippen molar-refractivity contribution in [1.29, 1.82) is 0 Å². The molecular weight excluding hydrogens is 232 g/mol. The Bertz CT molecular complexity index is 452. The lowest BCUT2D eigenvalue weighted by molar-refractivity contribution is 0.450. The van der Waals surface area contributed by atoms with E-state index in [0.717, 1.165) is 17.5 Å². The molecule has 0 spiro atoms. The SMILES string of the molecule is CCc1ccc(C)c(C[S+]=S(=O)(O)O)c1. The van der Waals surface area contributed by atoms with Gasteiger partial charge in [-0.1, -0.05) is 25.1 Å². The first-order valence-corrected chi connectivity index (χ1v) is 7.61. The molecule has 5 heteroatoms. The number of benzene rings is 1. The first-order chi connectivity index (χ1) is 6.92. The molecule has 84 valence electrons. The van der Waals surface area contributed by atoms with Crippen LogP contribution in [0.2, 0.25) is 0 Å². The molecule has 2 N–H and O–H groups in total. The Morgan fingerprint density at radius 3 is 2.60 bits per heavy atom. The minimum Gasteiger partial charge on any atom is -0.251 e. The van der Waals surface area contributed by atoms with Crippen molar-refractivity contribution in [1.82, 2.24) is 0 Å². The van der Waals surface area contributed by atoms with Crippen molar-refractivity contribution in [2.75, 3.05) is 0 Å². The highest BCUT2D eigenvalue weighted by atomic mass is 32.9. The second-order valence-corrected chi connectivity index (χ2v) is 6.75. The average molecular weight is 247 g/mol. The van der Waals surface area contributed by atoms with Crippen LogP contribution in [0.3, 0.4) is 0 Å². The van der Waals surface area contributed by atoms with Crippen molar-refractivity contribution < 1.29 is 13.3 Å². The second-order valence-electron chi connectivity index (χ2n) is 3.32. The summed E-state index contributed by atoms with van der Waals surface area (Å²) < 4.78 is 28.2. The zero-order valence-electron chi connectivity index (χ0n) is 8.77. The zero-order chi connectivity index (χ0) is 11.5. The first kappa shape index (κ1) is 12.6. The van der Waals surface area contributed by atoms with Crippen LogP contribution in [-0.2, 0) is 31.5 Å². The first-order valence-electron chi connectivity index (χ1n) is 4.64. The number of aryl methyl sites for hydroxylation is 2. The Labute approximate surface area is 93.8 Å². The molecule has 0 heterocycles. The molecule has 0 aliphatic heterocycles. The van der Waals surface area contributed by atoms with E-state index in [9.17, 15) is 4.21 Å². The van der Waals surface area contributed by atoms with Gasteiger partial charge < -0.3 is 0 Å². The van der Waals surface area contributed by atoms with Gasteiger partial charge in [0.05, 0.1) is 0 Å². The quantitative estimate of drug-likeness (QED) is 0.806. The highest BCUT2D eigenvalue weighted by Crippen LogP contribution is 2.12. The third-order valence-electron chi connectivity index (χ3n) is 2.19. The van der Waals surface area contributed by atoms with Gasteiger partial charge in [-0.15, -0.1) is 0 Å². The standard InChI is InChI=1S/C10H14O3S2/c1-3-9-5-4-8(2)10(6-9)7-14-15(11,12)13/h4-6H,3,7H2,1-2H3,(H-,11,12,13)/p+1. The van der Waals surface area contributed by atoms with Crippen LogP contribution in [0, 0.1) is 6.92 Å². The summed E-state index contributed by atoms with van der Waals surface area (Å²) in [5.41, 5.74) is 3.26. The highest BCUT2D eigenvalue weighted by Gasteiger charge is 2.12. The molecule has 1 rings (SSSR count). The maximum absolute atomic E-state index is 10.7. The van der Waals surface area contributed by atoms with Gasteiger partial charge in [-0.25, -0.2) is 0 Å². The topological polar surface area (TPSA) is 57.5 Å². The van der Waals surface area contributed by atoms with Crippen LogP contribution in [0.25, 0.3) is 0 Å². The molecular formula is C10H15O3S2+. The molecule has 0 atom stereocenters. The van der Waals surface area contributed by atoms with E-state index in [1.165, 1.54) is 5.56 Å². The lowest BCUT2D eigenvalue weighted by Gasteiger charge is -2.01. The fourth-order valence-electron chi connectivity index (χ4n) is 1.24. The van der Waals surface area contributed by atoms with Gasteiger partial charge in [0.1, 0.15) is 0 Å². The molecule has 0 saturated heterocycles. The van der Waals surface area contributed by atoms with Crippen LogP contribution < -0.4 is 0 Å². The normalized spacial score (nSPS) is 11.5. The van der Waals surface area contributed by atoms with E-state index in [1.807, 2.05) is 25.1 Å². The largest absolute Gasteiger partial charge is 0.430 e. The van der Waals surface area contributed by atoms with Gasteiger partial charge in [0.25, 0.3) is 10.3 Å². The van der Waals surface area contributed by atoms with E-state index >= 15 is 0 Å². The number of hydrogen-bond donors (Lipinski definition) is 2. The Hall–Kier alpha value is -0.490. The summed E-state index contributed by atoms with van der Waals surface area (Å²) in [6.45, 7) is 4.01. The molecule has 0 radical (unpaired) electrons. The molecule has 15 heavy (non-hydrogen) atoms. The van der Waals surface area contributed by atoms with E-state index in [4.69, 9.17) is 9.11 Å². The third-order valence-corrected chi connectivity index (χ3v) is 4.20. The van der Waals surface area contributed by atoms with Crippen molar-refractivity contribution in [2.24, 2.45) is 0 Å². The van der Waals surface area contributed by atoms with E-state index in [2.05, 4.69) is 6.92 Å². The van der Waals surface area contributed by atoms with Crippen molar-refractivity contribution in [3.8, 4) is 0 Å². The predicted molar refractivity (Wildman–Crippen MR) is 65.0 cm³/mol. The zero-order valence-corrected chi connectivity index (χ0v) is 10.4. The molecule has 0 aliphatic carbocycles. The molecule has 0 unspecified atom stereocenters. The van der Waals surface area contributed by atoms with E-state index in [-0.39, 0.29) is 0 Å². The Morgan fingerprint density at radius 1 is 1.40 bits per heavy atom. The number of hydrogen-bond acceptors (Lipinski definition) is 1. The minimum atomic E-state index is -3.69. The summed E-state index contributed by atoms with van der Waals surface area (Å²) in [5.74, 6) is 0.353. The smallest absolute Gasteiger partial charge is 0.251 e. The van der Waals surface area contributed by atoms with E-state index in [0.29, 0.717) is 16.1 Å². The predicted octanol–water partition coefficient (Wildman–Crippen LogP) is 2.29. The molecule has 1 aromatic carbocycles. The van der Waals surface area contributed by atoms with Gasteiger partial charge in [-0.2, -0.15) is 4.21 Å². The molecule has 3 nitrogen and oxygen atoms in total. The summed E-state index contributed by atoms with van der Waals surface area (Å²) >= 11 is 0. The van der Waals surface area contributed by atoms with Crippen LogP contribution in [0.1, 0.15) is 23.6 Å². The van der Waals surface area contributed by atoms with Crippen LogP contribution >= 0.6 is 0 Å². The van der Waals surface area contributed by atoms with Crippen LogP contribution in [0.15, 0.2) is 18.2 Å². The Kier molecular flexibility index (Phi) is 4.21. The Morgan fingerprint density at radius 2 is 2.07 bits per heavy atom. The molecule has 0 bridgehead atoms. The lowest BCUT2D eigenvalue weighted by atomic mass is 10.1. The van der Waals surface area contributed by atoms with E-state index in [1.54, 1.807) is 0 Å². The summed E-state index contributed by atoms with van der Waals surface area (Å²) in [6, 6.07) is 6.04. The van der Waals surface area contributed by atoms with Crippen LogP contribution in [0.4, 0.5) is 0 Å². The summed E-state index contributed by atoms with van der Waals surface area (Å²) in [7, 11) is -3.03. The van der Waals surface area contributed by atoms with Gasteiger partial charge in [0.15, 0.2) is 0 Å². The average Bonchev–Trinajstić information content (AvgIpc) is 2.15. The molecule has 0 amide bonds. The molecule has 1 aromatic rings. The van der Waals surface area contributed by atoms with Crippen molar-refractivity contribution in [3.63, 3.8) is 0 Å². The van der Waals surface area contributed by atoms with Gasteiger partial charge in [-0.05, 0) is 24.5 Å². The molecule has 0 aliphatic rings. The maximum atomic E-state index is 10.7. The third kappa shape index (κ3) is 4.25. The van der Waals surface area contributed by atoms with Gasteiger partial charge >= 0.3 is 9.05 Å². The van der Waals surface area contributed by atoms with Crippen molar-refractivity contribution in [3.05, 3.63) is 34.9 Å². The van der Waals surface area contributed by atoms with Gasteiger partial charge in [0, 0.05) is 5.56 Å². The van der Waals surface area contributed by atoms with E-state index < -0.39 is 9.05 Å². The summed E-state index contributed by atoms with van der Waals surface area (Å²) in [6.07, 6.45) is 0.936. The van der Waals surface area contributed by atoms with Gasteiger partial charge in [0.2, 0.25) is 5.75 Å². The van der Waals surface area contributed by atoms with Crippen molar-refractivity contribution >= 4 is 19.4 Å². The lowest BCUT2D eigenvalue weighted by Crippen LogP contribution is -1.99. The minimum absolute atomic E-state index is 0.353. The summed E-state index contributed by atoms with van der Waals surface area (Å²) in [5, 5.41) is 0. The molecule has 0 aromatic heterocycles.